The molecule has 0 radical (unpaired) electrons. The molecule has 20 nitrogen and oxygen atoms in total. The third kappa shape index (κ3) is 13.6. The third-order valence-corrected chi connectivity index (χ3v) is 26.8. The minimum atomic E-state index is -2.97. The van der Waals surface area contributed by atoms with Crippen LogP contribution in [0, 0.1) is 0 Å². The lowest BCUT2D eigenvalue weighted by Crippen LogP contribution is -2.61. The molecule has 0 N–H and O–H groups in total. The van der Waals surface area contributed by atoms with Gasteiger partial charge in [0.05, 0.1) is 36.7 Å². The van der Waals surface area contributed by atoms with Crippen LogP contribution in [0.25, 0.3) is 11.1 Å². The zero-order chi connectivity index (χ0) is 64.5. The summed E-state index contributed by atoms with van der Waals surface area (Å²) in [7, 11) is -3.00. The first-order valence-electron chi connectivity index (χ1n) is 28.6. The number of hydrogen-bond donors (Lipinski definition) is 0. The first kappa shape index (κ1) is 66.6. The number of ether oxygens (including phenoxy) is 10. The van der Waals surface area contributed by atoms with Gasteiger partial charge in [0, 0.05) is 36.8 Å². The average Bonchev–Trinajstić information content (AvgIpc) is 1.69. The Morgan fingerprint density at radius 1 is 0.539 bits per heavy atom. The number of methoxy groups -OCH3 is 2. The Hall–Kier alpha value is -5.35. The fourth-order valence-corrected chi connectivity index (χ4v) is 13.4. The number of anilines is 2. The Labute approximate surface area is 549 Å². The van der Waals surface area contributed by atoms with Crippen molar-refractivity contribution in [2.24, 2.45) is 0 Å². The minimum absolute atomic E-state index is 0.000328. The van der Waals surface area contributed by atoms with Gasteiger partial charge in [0.15, 0.2) is 52.1 Å². The quantitative estimate of drug-likeness (QED) is 0.0584. The number of halogens is 6. The van der Waals surface area contributed by atoms with E-state index in [2.05, 4.69) is 41.5 Å². The molecular weight excluding hydrogens is 1310 g/mol. The number of benzene rings is 4. The molecule has 6 heterocycles. The van der Waals surface area contributed by atoms with Gasteiger partial charge in [0.1, 0.15) is 49.0 Å². The van der Waals surface area contributed by atoms with E-state index in [1.807, 2.05) is 38.3 Å². The number of amides is 4. The van der Waals surface area contributed by atoms with Crippen LogP contribution in [0.3, 0.4) is 0 Å². The van der Waals surface area contributed by atoms with Gasteiger partial charge in [-0.1, -0.05) is 123 Å². The Bertz CT molecular complexity index is 3250. The SMILES string of the molecule is COc1ccc2c(c1)C(=O)N1C=C(c3ccc4c(c3)OCO4)C(OCCCOC3C(c4ccc5c(c4)OCO5)=CN4C(=O)c5cc(OC)ccc5N(C(=O)OCC(Cl)(Cl)Cl)[C@@H](O[Si](C)(C)C(C)(C)C)[C@H]34)[C@H]1[C@H](O[Si](C)(C)C(C)(C)C)N2C(=O)OCC(Cl)(Cl)Cl. The van der Waals surface area contributed by atoms with E-state index in [0.29, 0.717) is 56.8 Å². The van der Waals surface area contributed by atoms with Crippen molar-refractivity contribution < 1.29 is 75.4 Å². The molecule has 0 saturated heterocycles. The highest BCUT2D eigenvalue weighted by atomic mass is 35.6. The van der Waals surface area contributed by atoms with Crippen LogP contribution in [-0.4, -0.2) is 149 Å². The van der Waals surface area contributed by atoms with Crippen molar-refractivity contribution >= 4 is 133 Å². The highest BCUT2D eigenvalue weighted by Crippen LogP contribution is 2.50. The first-order chi connectivity index (χ1) is 41.7. The normalized spacial score (nSPS) is 21.6. The summed E-state index contributed by atoms with van der Waals surface area (Å²) in [4.78, 5) is 66.6. The van der Waals surface area contributed by atoms with Crippen LogP contribution < -0.4 is 38.2 Å². The molecule has 0 spiro atoms. The molecule has 0 saturated carbocycles. The summed E-state index contributed by atoms with van der Waals surface area (Å²) in [6.45, 7) is 19.1. The second-order valence-electron chi connectivity index (χ2n) is 25.0. The van der Waals surface area contributed by atoms with Crippen molar-refractivity contribution in [1.29, 1.82) is 0 Å². The summed E-state index contributed by atoms with van der Waals surface area (Å²) < 4.78 is 71.1. The van der Waals surface area contributed by atoms with Crippen molar-refractivity contribution in [3.63, 3.8) is 0 Å². The second-order valence-corrected chi connectivity index (χ2v) is 39.6. The van der Waals surface area contributed by atoms with Gasteiger partial charge in [0.25, 0.3) is 11.8 Å². The first-order valence-corrected chi connectivity index (χ1v) is 36.7. The number of carbonyl (C=O) groups excluding carboxylic acids is 4. The Morgan fingerprint density at radius 3 is 1.26 bits per heavy atom. The van der Waals surface area contributed by atoms with Crippen LogP contribution in [-0.2, 0) is 27.8 Å². The third-order valence-electron chi connectivity index (χ3n) is 17.2. The van der Waals surface area contributed by atoms with E-state index in [1.54, 1.807) is 73.1 Å². The smallest absolute Gasteiger partial charge is 0.416 e. The molecule has 480 valence electrons. The van der Waals surface area contributed by atoms with Gasteiger partial charge in [-0.25, -0.2) is 19.4 Å². The van der Waals surface area contributed by atoms with E-state index < -0.39 is 108 Å². The lowest BCUT2D eigenvalue weighted by molar-refractivity contribution is -0.0248. The fourth-order valence-electron chi connectivity index (χ4n) is 10.7. The van der Waals surface area contributed by atoms with E-state index >= 15 is 9.59 Å². The molecule has 0 bridgehead atoms. The van der Waals surface area contributed by atoms with Gasteiger partial charge in [-0.2, -0.15) is 0 Å². The summed E-state index contributed by atoms with van der Waals surface area (Å²) in [5.41, 5.74) is 2.77. The van der Waals surface area contributed by atoms with Gasteiger partial charge in [-0.3, -0.25) is 9.59 Å². The van der Waals surface area contributed by atoms with Gasteiger partial charge >= 0.3 is 12.2 Å². The van der Waals surface area contributed by atoms with Gasteiger partial charge in [-0.05, 0) is 114 Å². The predicted octanol–water partition coefficient (Wildman–Crippen LogP) is 14.1. The molecule has 6 aliphatic rings. The van der Waals surface area contributed by atoms with E-state index in [9.17, 15) is 9.59 Å². The van der Waals surface area contributed by atoms with Crippen molar-refractivity contribution in [3.05, 3.63) is 107 Å². The number of hydrogen-bond acceptors (Lipinski definition) is 16. The molecule has 4 aromatic rings. The van der Waals surface area contributed by atoms with Crippen molar-refractivity contribution in [3.8, 4) is 34.5 Å². The lowest BCUT2D eigenvalue weighted by Gasteiger charge is -2.45. The fraction of sp³-hybridized carbons (Fsp3) is 0.475. The molecule has 4 aromatic carbocycles. The molecule has 6 atom stereocenters. The summed E-state index contributed by atoms with van der Waals surface area (Å²) in [6.07, 6.45) is -3.06. The van der Waals surface area contributed by atoms with Crippen LogP contribution in [0.15, 0.2) is 85.2 Å². The minimum Gasteiger partial charge on any atom is -0.497 e. The van der Waals surface area contributed by atoms with Gasteiger partial charge < -0.3 is 66.0 Å². The molecule has 0 aromatic heterocycles. The summed E-state index contributed by atoms with van der Waals surface area (Å²) in [5, 5.41) is -0.885. The molecule has 0 aliphatic carbocycles. The molecule has 0 fully saturated rings. The van der Waals surface area contributed by atoms with E-state index in [0.717, 1.165) is 0 Å². The van der Waals surface area contributed by atoms with Crippen molar-refractivity contribution in [1.82, 2.24) is 9.80 Å². The van der Waals surface area contributed by atoms with Crippen LogP contribution in [0.2, 0.25) is 36.3 Å². The molecule has 4 amide bonds. The number of fused-ring (bicyclic) bond motifs is 6. The Kier molecular flexibility index (Phi) is 18.9. The van der Waals surface area contributed by atoms with Crippen molar-refractivity contribution in [2.45, 2.75) is 129 Å². The standard InChI is InChI=1S/C61H70Cl6N4O16Si2/c1-58(2,3)88(9,10)86-54-48-50(40(34-14-20-44-46(24-34)84-32-82-44)28-68(48)52(72)38-26-36(76-7)16-18-42(38)70(54)56(74)80-30-60(62,63)64)78-22-13-23-79-51-41(35-15-21-45-47(25-35)85-33-83-45)29-69-49(51)55(87-89(11,12)59(4,5)6)71(57(75)81-31-61(65,66)67)43-19-17-37(77-8)27-39(43)53(69)73/h14-21,24-29,48-51,54-55H,13,22-23,30-33H2,1-12H3/t48-,49-,50?,51?,54-,55-/m0/s1. The maximum Gasteiger partial charge on any atom is 0.416 e. The zero-order valence-electron chi connectivity index (χ0n) is 51.1. The summed E-state index contributed by atoms with van der Waals surface area (Å²) >= 11 is 37.3. The maximum atomic E-state index is 15.5. The van der Waals surface area contributed by atoms with Crippen LogP contribution in [0.1, 0.15) is 79.8 Å². The second kappa shape index (κ2) is 25.3. The van der Waals surface area contributed by atoms with Crippen LogP contribution in [0.5, 0.6) is 34.5 Å². The Balaban J connectivity index is 1.06. The maximum absolute atomic E-state index is 15.5. The highest BCUT2D eigenvalue weighted by molar-refractivity contribution is 6.74. The monoisotopic (exact) mass is 1380 g/mol. The van der Waals surface area contributed by atoms with Crippen LogP contribution >= 0.6 is 69.6 Å². The largest absolute Gasteiger partial charge is 0.497 e. The zero-order valence-corrected chi connectivity index (χ0v) is 57.6. The predicted molar refractivity (Wildman–Crippen MR) is 343 cm³/mol. The molecule has 2 unspecified atom stereocenters. The molecule has 89 heavy (non-hydrogen) atoms. The molecule has 10 rings (SSSR count). The number of nitrogens with zero attached hydrogens (tertiary/aromatic N) is 4. The van der Waals surface area contributed by atoms with E-state index in [4.69, 9.17) is 126 Å². The van der Waals surface area contributed by atoms with Gasteiger partial charge in [0.2, 0.25) is 21.2 Å². The summed E-state index contributed by atoms with van der Waals surface area (Å²) in [5.74, 6) is 1.63. The molecular formula is C61H70Cl6N4O16Si2. The topological polar surface area (TPSA) is 192 Å². The average molecular weight is 1380 g/mol. The van der Waals surface area contributed by atoms with Crippen molar-refractivity contribution in [2.75, 3.05) is 64.0 Å². The highest BCUT2D eigenvalue weighted by Gasteiger charge is 2.57. The number of carbonyl (C=O) groups is 4. The lowest BCUT2D eigenvalue weighted by atomic mass is 9.97. The molecule has 28 heteroatoms. The summed E-state index contributed by atoms with van der Waals surface area (Å²) in [6, 6.07) is 18.1. The van der Waals surface area contributed by atoms with E-state index in [-0.39, 0.29) is 55.7 Å². The van der Waals surface area contributed by atoms with E-state index in [1.165, 1.54) is 33.8 Å². The van der Waals surface area contributed by atoms with Gasteiger partial charge in [-0.15, -0.1) is 0 Å². The number of rotatable bonds is 16. The molecule has 6 aliphatic heterocycles. The van der Waals surface area contributed by atoms with Crippen LogP contribution in [0.4, 0.5) is 21.0 Å². The number of alkyl halides is 6. The Morgan fingerprint density at radius 2 is 0.910 bits per heavy atom.